The molecule has 0 spiro atoms. The Balaban J connectivity index is 2.19. The molecule has 0 radical (unpaired) electrons. The maximum absolute atomic E-state index is 11.2. The van der Waals surface area contributed by atoms with Crippen LogP contribution in [0.15, 0.2) is 0 Å². The normalized spacial score (nSPS) is 23.7. The maximum Gasteiger partial charge on any atom is 0.230 e. The average molecular weight is 198 g/mol. The van der Waals surface area contributed by atoms with Crippen molar-refractivity contribution in [2.24, 2.45) is 11.7 Å². The predicted molar refractivity (Wildman–Crippen MR) is 53.4 cm³/mol. The highest BCUT2D eigenvalue weighted by molar-refractivity contribution is 6.03. The van der Waals surface area contributed by atoms with E-state index in [4.69, 9.17) is 5.73 Å². The Kier molecular flexibility index (Phi) is 4.07. The van der Waals surface area contributed by atoms with E-state index in [-0.39, 0.29) is 23.8 Å². The van der Waals surface area contributed by atoms with Crippen molar-refractivity contribution >= 4 is 11.8 Å². The van der Waals surface area contributed by atoms with Crippen molar-refractivity contribution < 1.29 is 9.59 Å². The number of nitrogens with two attached hydrogens (primary N) is 1. The summed E-state index contributed by atoms with van der Waals surface area (Å²) in [6, 6.07) is 0.232. The first-order valence-electron chi connectivity index (χ1n) is 5.22. The summed E-state index contributed by atoms with van der Waals surface area (Å²) in [5.74, 6) is -0.355. The van der Waals surface area contributed by atoms with Crippen LogP contribution in [0.2, 0.25) is 0 Å². The zero-order chi connectivity index (χ0) is 10.6. The third-order valence-corrected chi connectivity index (χ3v) is 2.72. The third kappa shape index (κ3) is 3.10. The van der Waals surface area contributed by atoms with Gasteiger partial charge in [-0.1, -0.05) is 13.3 Å². The summed E-state index contributed by atoms with van der Waals surface area (Å²) in [5.41, 5.74) is 5.75. The molecule has 1 aliphatic rings. The molecule has 2 atom stereocenters. The van der Waals surface area contributed by atoms with Crippen molar-refractivity contribution in [1.29, 1.82) is 0 Å². The number of amides is 2. The smallest absolute Gasteiger partial charge is 0.230 e. The number of carbonyl (C=O) groups excluding carboxylic acids is 2. The molecule has 1 heterocycles. The van der Waals surface area contributed by atoms with Crippen LogP contribution in [0.1, 0.15) is 39.0 Å². The molecule has 0 bridgehead atoms. The highest BCUT2D eigenvalue weighted by Crippen LogP contribution is 2.18. The standard InChI is InChI=1S/C10H18N2O2/c1-2-8(11)5-3-4-7-6-9(13)12-10(7)14/h7-8H,2-6,11H2,1H3,(H,12,13,14). The molecule has 4 nitrogen and oxygen atoms in total. The topological polar surface area (TPSA) is 72.2 Å². The fourth-order valence-corrected chi connectivity index (χ4v) is 1.67. The van der Waals surface area contributed by atoms with Crippen LogP contribution in [0.4, 0.5) is 0 Å². The predicted octanol–water partition coefficient (Wildman–Crippen LogP) is 0.557. The summed E-state index contributed by atoms with van der Waals surface area (Å²) in [4.78, 5) is 22.0. The fourth-order valence-electron chi connectivity index (χ4n) is 1.67. The minimum atomic E-state index is -0.139. The number of hydrogen-bond donors (Lipinski definition) is 2. The molecule has 3 N–H and O–H groups in total. The first kappa shape index (κ1) is 11.2. The van der Waals surface area contributed by atoms with Crippen LogP contribution in [0, 0.1) is 5.92 Å². The molecule has 1 saturated heterocycles. The molecule has 0 aliphatic carbocycles. The van der Waals surface area contributed by atoms with E-state index in [0.29, 0.717) is 6.42 Å². The first-order chi connectivity index (χ1) is 6.63. The van der Waals surface area contributed by atoms with Gasteiger partial charge in [0.1, 0.15) is 0 Å². The average Bonchev–Trinajstić information content (AvgIpc) is 2.45. The van der Waals surface area contributed by atoms with Gasteiger partial charge in [0.2, 0.25) is 11.8 Å². The summed E-state index contributed by atoms with van der Waals surface area (Å²) in [7, 11) is 0. The Labute approximate surface area is 84.2 Å². The Bertz CT molecular complexity index is 228. The largest absolute Gasteiger partial charge is 0.328 e. The molecule has 4 heteroatoms. The van der Waals surface area contributed by atoms with Gasteiger partial charge in [0.05, 0.1) is 0 Å². The lowest BCUT2D eigenvalue weighted by Crippen LogP contribution is -2.22. The Morgan fingerprint density at radius 3 is 2.79 bits per heavy atom. The SMILES string of the molecule is CCC(N)CCCC1CC(=O)NC1=O. The number of imide groups is 1. The van der Waals surface area contributed by atoms with E-state index < -0.39 is 0 Å². The Hall–Kier alpha value is -0.900. The minimum absolute atomic E-state index is 0.105. The zero-order valence-corrected chi connectivity index (χ0v) is 8.58. The molecular weight excluding hydrogens is 180 g/mol. The van der Waals surface area contributed by atoms with Gasteiger partial charge in [0.25, 0.3) is 0 Å². The summed E-state index contributed by atoms with van der Waals surface area (Å²) in [5, 5.41) is 2.31. The molecule has 1 aliphatic heterocycles. The second kappa shape index (κ2) is 5.10. The van der Waals surface area contributed by atoms with Gasteiger partial charge >= 0.3 is 0 Å². The monoisotopic (exact) mass is 198 g/mol. The second-order valence-corrected chi connectivity index (χ2v) is 3.91. The van der Waals surface area contributed by atoms with Crippen LogP contribution in [0.5, 0.6) is 0 Å². The van der Waals surface area contributed by atoms with Crippen LogP contribution >= 0.6 is 0 Å². The van der Waals surface area contributed by atoms with Gasteiger partial charge in [-0.25, -0.2) is 0 Å². The Morgan fingerprint density at radius 2 is 2.29 bits per heavy atom. The Morgan fingerprint density at radius 1 is 1.57 bits per heavy atom. The molecule has 2 amide bonds. The molecule has 2 unspecified atom stereocenters. The van der Waals surface area contributed by atoms with E-state index >= 15 is 0 Å². The van der Waals surface area contributed by atoms with Crippen molar-refractivity contribution in [3.8, 4) is 0 Å². The summed E-state index contributed by atoms with van der Waals surface area (Å²) in [6.45, 7) is 2.05. The van der Waals surface area contributed by atoms with Crippen molar-refractivity contribution in [2.45, 2.75) is 45.1 Å². The molecular formula is C10H18N2O2. The molecule has 80 valence electrons. The summed E-state index contributed by atoms with van der Waals surface area (Å²) < 4.78 is 0. The van der Waals surface area contributed by atoms with Gasteiger partial charge < -0.3 is 5.73 Å². The first-order valence-corrected chi connectivity index (χ1v) is 5.22. The summed E-state index contributed by atoms with van der Waals surface area (Å²) in [6.07, 6.45) is 3.98. The number of nitrogens with one attached hydrogen (secondary N) is 1. The second-order valence-electron chi connectivity index (χ2n) is 3.91. The third-order valence-electron chi connectivity index (χ3n) is 2.72. The van der Waals surface area contributed by atoms with Gasteiger partial charge in [-0.2, -0.15) is 0 Å². The van der Waals surface area contributed by atoms with Crippen LogP contribution in [-0.2, 0) is 9.59 Å². The number of rotatable bonds is 5. The molecule has 0 aromatic carbocycles. The van der Waals surface area contributed by atoms with Gasteiger partial charge in [-0.15, -0.1) is 0 Å². The van der Waals surface area contributed by atoms with E-state index in [1.165, 1.54) is 0 Å². The highest BCUT2D eigenvalue weighted by Gasteiger charge is 2.29. The van der Waals surface area contributed by atoms with Crippen molar-refractivity contribution in [2.75, 3.05) is 0 Å². The zero-order valence-electron chi connectivity index (χ0n) is 8.58. The molecule has 0 aromatic rings. The number of hydrogen-bond acceptors (Lipinski definition) is 3. The van der Waals surface area contributed by atoms with E-state index in [1.807, 2.05) is 0 Å². The molecule has 14 heavy (non-hydrogen) atoms. The van der Waals surface area contributed by atoms with E-state index in [1.54, 1.807) is 0 Å². The van der Waals surface area contributed by atoms with E-state index in [2.05, 4.69) is 12.2 Å². The van der Waals surface area contributed by atoms with Crippen LogP contribution in [0.3, 0.4) is 0 Å². The molecule has 1 fully saturated rings. The minimum Gasteiger partial charge on any atom is -0.328 e. The van der Waals surface area contributed by atoms with Crippen molar-refractivity contribution in [1.82, 2.24) is 5.32 Å². The van der Waals surface area contributed by atoms with Gasteiger partial charge in [-0.3, -0.25) is 14.9 Å². The fraction of sp³-hybridized carbons (Fsp3) is 0.800. The summed E-state index contributed by atoms with van der Waals surface area (Å²) >= 11 is 0. The van der Waals surface area contributed by atoms with Crippen LogP contribution in [-0.4, -0.2) is 17.9 Å². The highest BCUT2D eigenvalue weighted by atomic mass is 16.2. The number of carbonyl (C=O) groups is 2. The molecule has 0 saturated carbocycles. The quantitative estimate of drug-likeness (QED) is 0.634. The molecule has 1 rings (SSSR count). The lowest BCUT2D eigenvalue weighted by Gasteiger charge is -2.09. The van der Waals surface area contributed by atoms with Crippen LogP contribution in [0.25, 0.3) is 0 Å². The van der Waals surface area contributed by atoms with Crippen molar-refractivity contribution in [3.05, 3.63) is 0 Å². The molecule has 0 aromatic heterocycles. The van der Waals surface area contributed by atoms with Crippen LogP contribution < -0.4 is 11.1 Å². The van der Waals surface area contributed by atoms with Gasteiger partial charge in [0.15, 0.2) is 0 Å². The lowest BCUT2D eigenvalue weighted by atomic mass is 9.98. The van der Waals surface area contributed by atoms with E-state index in [9.17, 15) is 9.59 Å². The lowest BCUT2D eigenvalue weighted by molar-refractivity contribution is -0.125. The van der Waals surface area contributed by atoms with Crippen molar-refractivity contribution in [3.63, 3.8) is 0 Å². The van der Waals surface area contributed by atoms with Gasteiger partial charge in [0, 0.05) is 18.4 Å². The maximum atomic E-state index is 11.2. The van der Waals surface area contributed by atoms with Gasteiger partial charge in [-0.05, 0) is 19.3 Å². The van der Waals surface area contributed by atoms with E-state index in [0.717, 1.165) is 25.7 Å².